The van der Waals surface area contributed by atoms with Crippen molar-refractivity contribution >= 4 is 171 Å². The van der Waals surface area contributed by atoms with Crippen LogP contribution in [-0.2, 0) is 0 Å². The lowest BCUT2D eigenvalue weighted by Crippen LogP contribution is -1.95. The number of benzene rings is 22. The van der Waals surface area contributed by atoms with Crippen LogP contribution in [0.4, 0.5) is 0 Å². The van der Waals surface area contributed by atoms with Gasteiger partial charge in [0.15, 0.2) is 0 Å². The Balaban J connectivity index is 0.000000136. The van der Waals surface area contributed by atoms with Gasteiger partial charge in [0.2, 0.25) is 0 Å². The van der Waals surface area contributed by atoms with Crippen molar-refractivity contribution < 1.29 is 0 Å². The Morgan fingerprint density at radius 3 is 0.839 bits per heavy atom. The highest BCUT2D eigenvalue weighted by atomic mass is 32.1. The first-order valence-electron chi connectivity index (χ1n) is 42.7. The molecule has 0 spiro atoms. The van der Waals surface area contributed by atoms with Crippen molar-refractivity contribution in [3.05, 3.63) is 449 Å². The van der Waals surface area contributed by atoms with E-state index in [4.69, 9.17) is 0 Å². The second-order valence-electron chi connectivity index (χ2n) is 32.8. The van der Waals surface area contributed by atoms with E-state index < -0.39 is 0 Å². The molecule has 124 heavy (non-hydrogen) atoms. The molecule has 4 aromatic heterocycles. The van der Waals surface area contributed by atoms with Crippen LogP contribution in [0.3, 0.4) is 0 Å². The first kappa shape index (κ1) is 71.4. The Hall–Kier alpha value is -15.6. The maximum atomic E-state index is 2.46. The average molecular weight is 1610 g/mol. The summed E-state index contributed by atoms with van der Waals surface area (Å²) in [5.74, 6) is 0. The van der Waals surface area contributed by atoms with Gasteiger partial charge in [0.05, 0.1) is 22.1 Å². The maximum absolute atomic E-state index is 2.46. The third kappa shape index (κ3) is 11.6. The van der Waals surface area contributed by atoms with Crippen LogP contribution in [0.25, 0.3) is 249 Å². The molecule has 26 aromatic rings. The first-order valence-corrected chi connectivity index (χ1v) is 44.3. The SMILES string of the molecule is c1ccc(-c2c3ccccc3c(-c3ccc(-n4c5ccc(-c6ccc7ccccc7c6)cc5c5cc(-c6cccc7c6sc6ccccc67)ccc54)cc3)c3ccccc23)cc1.c1ccc(-c2c3ccccc3c(-c3ccc(-n4c5ccc(-c6cccc7ccccc67)cc5c5cc(-c6cccc7c6sc6ccccc67)ccc54)cc3)c3ccccc23)cc1. The highest BCUT2D eigenvalue weighted by Gasteiger charge is 2.24. The van der Waals surface area contributed by atoms with E-state index in [9.17, 15) is 0 Å². The molecule has 26 rings (SSSR count). The monoisotopic (exact) mass is 1610 g/mol. The summed E-state index contributed by atoms with van der Waals surface area (Å²) in [4.78, 5) is 0. The Kier molecular flexibility index (Phi) is 16.8. The average Bonchev–Trinajstić information content (AvgIpc) is 1.56. The summed E-state index contributed by atoms with van der Waals surface area (Å²) in [7, 11) is 0. The van der Waals surface area contributed by atoms with Gasteiger partial charge in [-0.15, -0.1) is 22.7 Å². The number of aromatic nitrogens is 2. The van der Waals surface area contributed by atoms with E-state index in [2.05, 4.69) is 458 Å². The molecule has 0 saturated heterocycles. The van der Waals surface area contributed by atoms with Crippen molar-refractivity contribution in [1.29, 1.82) is 0 Å². The van der Waals surface area contributed by atoms with E-state index in [0.29, 0.717) is 0 Å². The second kappa shape index (κ2) is 29.1. The van der Waals surface area contributed by atoms with Gasteiger partial charge < -0.3 is 9.13 Å². The van der Waals surface area contributed by atoms with Crippen LogP contribution < -0.4 is 0 Å². The Bertz CT molecular complexity index is 8720. The van der Waals surface area contributed by atoms with Crippen molar-refractivity contribution in [2.45, 2.75) is 0 Å². The lowest BCUT2D eigenvalue weighted by molar-refractivity contribution is 1.18. The van der Waals surface area contributed by atoms with Gasteiger partial charge in [-0.1, -0.05) is 358 Å². The topological polar surface area (TPSA) is 9.86 Å². The molecule has 0 saturated carbocycles. The van der Waals surface area contributed by atoms with E-state index in [1.54, 1.807) is 0 Å². The zero-order valence-electron chi connectivity index (χ0n) is 67.4. The summed E-state index contributed by atoms with van der Waals surface area (Å²) >= 11 is 3.78. The number of thiophene rings is 2. The van der Waals surface area contributed by atoms with Gasteiger partial charge in [-0.05, 0) is 245 Å². The molecule has 0 bridgehead atoms. The largest absolute Gasteiger partial charge is 0.309 e. The molecule has 0 atom stereocenters. The Morgan fingerprint density at radius 2 is 0.419 bits per heavy atom. The fourth-order valence-corrected chi connectivity index (χ4v) is 22.8. The molecule has 0 unspecified atom stereocenters. The molecule has 0 radical (unpaired) electrons. The fourth-order valence-electron chi connectivity index (χ4n) is 20.3. The van der Waals surface area contributed by atoms with Gasteiger partial charge in [0, 0.05) is 73.3 Å². The van der Waals surface area contributed by atoms with Gasteiger partial charge in [-0.3, -0.25) is 0 Å². The Labute approximate surface area is 724 Å². The lowest BCUT2D eigenvalue weighted by Gasteiger charge is -2.18. The maximum Gasteiger partial charge on any atom is 0.0541 e. The van der Waals surface area contributed by atoms with E-state index in [1.807, 2.05) is 22.7 Å². The number of fused-ring (bicyclic) bond motifs is 18. The molecule has 0 fully saturated rings. The normalized spacial score (nSPS) is 11.9. The van der Waals surface area contributed by atoms with Crippen molar-refractivity contribution in [2.75, 3.05) is 0 Å². The third-order valence-electron chi connectivity index (χ3n) is 26.0. The van der Waals surface area contributed by atoms with E-state index in [0.717, 1.165) is 11.4 Å². The molecule has 0 aliphatic carbocycles. The highest BCUT2D eigenvalue weighted by molar-refractivity contribution is 7.26. The zero-order chi connectivity index (χ0) is 81.5. The smallest absolute Gasteiger partial charge is 0.0541 e. The highest BCUT2D eigenvalue weighted by Crippen LogP contribution is 2.50. The summed E-state index contributed by atoms with van der Waals surface area (Å²) in [5.41, 5.74) is 27.0. The molecule has 0 aliphatic rings. The molecule has 0 amide bonds. The molecule has 576 valence electrons. The van der Waals surface area contributed by atoms with Gasteiger partial charge in [-0.25, -0.2) is 0 Å². The van der Waals surface area contributed by atoms with Crippen molar-refractivity contribution in [2.24, 2.45) is 0 Å². The van der Waals surface area contributed by atoms with Crippen LogP contribution in [0.2, 0.25) is 0 Å². The zero-order valence-corrected chi connectivity index (χ0v) is 69.1. The molecule has 0 aliphatic heterocycles. The number of hydrogen-bond acceptors (Lipinski definition) is 2. The summed E-state index contributed by atoms with van der Waals surface area (Å²) < 4.78 is 10.2. The predicted octanol–water partition coefficient (Wildman–Crippen LogP) is 34.6. The minimum atomic E-state index is 1.14. The van der Waals surface area contributed by atoms with Gasteiger partial charge >= 0.3 is 0 Å². The van der Waals surface area contributed by atoms with E-state index in [1.165, 1.54) is 238 Å². The Morgan fingerprint density at radius 1 is 0.145 bits per heavy atom. The van der Waals surface area contributed by atoms with Crippen molar-refractivity contribution in [3.8, 4) is 100 Å². The number of hydrogen-bond donors (Lipinski definition) is 0. The lowest BCUT2D eigenvalue weighted by atomic mass is 9.86. The van der Waals surface area contributed by atoms with Crippen LogP contribution in [0, 0.1) is 0 Å². The molecule has 22 aromatic carbocycles. The van der Waals surface area contributed by atoms with E-state index >= 15 is 0 Å². The van der Waals surface area contributed by atoms with Crippen molar-refractivity contribution in [1.82, 2.24) is 9.13 Å². The summed E-state index contributed by atoms with van der Waals surface area (Å²) in [6, 6.07) is 166. The van der Waals surface area contributed by atoms with Crippen LogP contribution in [0.15, 0.2) is 449 Å². The van der Waals surface area contributed by atoms with E-state index in [-0.39, 0.29) is 0 Å². The predicted molar refractivity (Wildman–Crippen MR) is 536 cm³/mol. The standard InChI is InChI=1S/2C60H37NS/c1-2-15-39(16-3-1)58-48-20-6-8-22-50(48)59(51-23-9-7-21-49(51)58)40-28-32-43(33-29-40)61-55-34-30-41(45-24-12-17-38-14-4-5-18-44(38)45)36-53(55)54-37-42(31-35-56(54)61)46-25-13-26-52-47-19-10-11-27-57(47)62-60(46)52;1-2-14-39(15-3-1)58-48-18-6-8-20-50(48)59(51-21-9-7-19-49(51)58)40-27-31-45(32-28-40)61-55-33-29-43(42-26-25-38-13-4-5-16-41(38)35-42)36-53(55)54-37-44(30-34-56(54)61)46-22-12-23-52-47-17-10-11-24-57(47)62-60(46)52/h2*1-37H. The molecule has 2 nitrogen and oxygen atoms in total. The fraction of sp³-hybridized carbons (Fsp3) is 0. The summed E-state index contributed by atoms with van der Waals surface area (Å²) in [5, 5.41) is 25.4. The molecule has 4 heterocycles. The number of nitrogens with zero attached hydrogens (tertiary/aromatic N) is 2. The van der Waals surface area contributed by atoms with Gasteiger partial charge in [0.1, 0.15) is 0 Å². The summed E-state index contributed by atoms with van der Waals surface area (Å²) in [6.07, 6.45) is 0. The first-order chi connectivity index (χ1) is 61.5. The third-order valence-corrected chi connectivity index (χ3v) is 28.4. The quantitative estimate of drug-likeness (QED) is 0.121. The van der Waals surface area contributed by atoms with Crippen LogP contribution in [-0.4, -0.2) is 9.13 Å². The molecule has 4 heteroatoms. The second-order valence-corrected chi connectivity index (χ2v) is 34.9. The van der Waals surface area contributed by atoms with Gasteiger partial charge in [-0.2, -0.15) is 0 Å². The van der Waals surface area contributed by atoms with Crippen LogP contribution >= 0.6 is 22.7 Å². The van der Waals surface area contributed by atoms with Crippen LogP contribution in [0.5, 0.6) is 0 Å². The molecular formula is C120H74N2S2. The van der Waals surface area contributed by atoms with Crippen molar-refractivity contribution in [3.63, 3.8) is 0 Å². The van der Waals surface area contributed by atoms with Gasteiger partial charge in [0.25, 0.3) is 0 Å². The minimum absolute atomic E-state index is 1.14. The summed E-state index contributed by atoms with van der Waals surface area (Å²) in [6.45, 7) is 0. The number of rotatable bonds is 10. The molecule has 0 N–H and O–H groups in total. The van der Waals surface area contributed by atoms with Crippen LogP contribution in [0.1, 0.15) is 0 Å². The molecular weight excluding hydrogens is 1530 g/mol. The minimum Gasteiger partial charge on any atom is -0.309 e.